The molecular formula is C12H13N3. The van der Waals surface area contributed by atoms with Crippen LogP contribution in [0.25, 0.3) is 10.8 Å². The van der Waals surface area contributed by atoms with Gasteiger partial charge in [0.1, 0.15) is 0 Å². The lowest BCUT2D eigenvalue weighted by Crippen LogP contribution is -2.02. The van der Waals surface area contributed by atoms with E-state index in [0.29, 0.717) is 6.04 Å². The van der Waals surface area contributed by atoms with Crippen LogP contribution in [0.4, 0.5) is 11.4 Å². The van der Waals surface area contributed by atoms with Crippen molar-refractivity contribution in [3.05, 3.63) is 30.6 Å². The molecule has 1 aliphatic rings. The SMILES string of the molecule is Nc1ccc(NC2CC2)c2cnccc12. The molecule has 1 aromatic heterocycles. The molecule has 3 rings (SSSR count). The number of rotatable bonds is 2. The largest absolute Gasteiger partial charge is 0.398 e. The number of nitrogens with zero attached hydrogens (tertiary/aromatic N) is 1. The van der Waals surface area contributed by atoms with Gasteiger partial charge in [-0.3, -0.25) is 4.98 Å². The number of nitrogen functional groups attached to an aromatic ring is 1. The first kappa shape index (κ1) is 8.53. The molecule has 15 heavy (non-hydrogen) atoms. The third kappa shape index (κ3) is 1.50. The van der Waals surface area contributed by atoms with Crippen molar-refractivity contribution in [2.24, 2.45) is 0 Å². The van der Waals surface area contributed by atoms with E-state index in [1.165, 1.54) is 12.8 Å². The molecule has 1 fully saturated rings. The molecule has 3 heteroatoms. The molecule has 3 nitrogen and oxygen atoms in total. The van der Waals surface area contributed by atoms with Crippen molar-refractivity contribution in [3.63, 3.8) is 0 Å². The lowest BCUT2D eigenvalue weighted by molar-refractivity contribution is 1.16. The summed E-state index contributed by atoms with van der Waals surface area (Å²) >= 11 is 0. The van der Waals surface area contributed by atoms with Gasteiger partial charge in [0.25, 0.3) is 0 Å². The molecule has 76 valence electrons. The Kier molecular flexibility index (Phi) is 1.78. The van der Waals surface area contributed by atoms with E-state index in [-0.39, 0.29) is 0 Å². The first-order valence-corrected chi connectivity index (χ1v) is 5.23. The molecule has 1 saturated carbocycles. The lowest BCUT2D eigenvalue weighted by atomic mass is 10.1. The van der Waals surface area contributed by atoms with Crippen molar-refractivity contribution < 1.29 is 0 Å². The van der Waals surface area contributed by atoms with Crippen LogP contribution in [-0.2, 0) is 0 Å². The molecular weight excluding hydrogens is 186 g/mol. The summed E-state index contributed by atoms with van der Waals surface area (Å²) in [5, 5.41) is 5.68. The summed E-state index contributed by atoms with van der Waals surface area (Å²) < 4.78 is 0. The van der Waals surface area contributed by atoms with Crippen LogP contribution in [-0.4, -0.2) is 11.0 Å². The highest BCUT2D eigenvalue weighted by Gasteiger charge is 2.21. The Morgan fingerprint density at radius 1 is 1.20 bits per heavy atom. The van der Waals surface area contributed by atoms with Crippen LogP contribution in [0.5, 0.6) is 0 Å². The van der Waals surface area contributed by atoms with E-state index in [0.717, 1.165) is 22.1 Å². The average Bonchev–Trinajstić information content (AvgIpc) is 3.07. The summed E-state index contributed by atoms with van der Waals surface area (Å²) in [6, 6.07) is 6.60. The Morgan fingerprint density at radius 2 is 2.07 bits per heavy atom. The molecule has 0 unspecified atom stereocenters. The minimum absolute atomic E-state index is 0.650. The number of pyridine rings is 1. The number of hydrogen-bond donors (Lipinski definition) is 2. The van der Waals surface area contributed by atoms with E-state index in [4.69, 9.17) is 5.73 Å². The zero-order valence-electron chi connectivity index (χ0n) is 8.40. The van der Waals surface area contributed by atoms with Crippen LogP contribution in [0.3, 0.4) is 0 Å². The third-order valence-electron chi connectivity index (χ3n) is 2.79. The predicted octanol–water partition coefficient (Wildman–Crippen LogP) is 2.39. The van der Waals surface area contributed by atoms with Gasteiger partial charge in [0.2, 0.25) is 0 Å². The fraction of sp³-hybridized carbons (Fsp3) is 0.250. The van der Waals surface area contributed by atoms with Crippen LogP contribution in [0.1, 0.15) is 12.8 Å². The van der Waals surface area contributed by atoms with Crippen LogP contribution >= 0.6 is 0 Å². The molecule has 0 bridgehead atoms. The highest BCUT2D eigenvalue weighted by Crippen LogP contribution is 2.31. The Bertz CT molecular complexity index is 503. The molecule has 0 saturated heterocycles. The fourth-order valence-electron chi connectivity index (χ4n) is 1.79. The summed E-state index contributed by atoms with van der Waals surface area (Å²) in [6.45, 7) is 0. The van der Waals surface area contributed by atoms with Crippen molar-refractivity contribution in [3.8, 4) is 0 Å². The number of aromatic nitrogens is 1. The first-order chi connectivity index (χ1) is 7.34. The van der Waals surface area contributed by atoms with Crippen molar-refractivity contribution in [1.82, 2.24) is 4.98 Å². The number of benzene rings is 1. The second kappa shape index (κ2) is 3.12. The minimum atomic E-state index is 0.650. The second-order valence-corrected chi connectivity index (χ2v) is 4.04. The molecule has 3 N–H and O–H groups in total. The molecule has 0 aliphatic heterocycles. The Labute approximate surface area is 88.3 Å². The van der Waals surface area contributed by atoms with E-state index in [1.54, 1.807) is 6.20 Å². The normalized spacial score (nSPS) is 15.5. The van der Waals surface area contributed by atoms with E-state index < -0.39 is 0 Å². The summed E-state index contributed by atoms with van der Waals surface area (Å²) in [5.74, 6) is 0. The van der Waals surface area contributed by atoms with Gasteiger partial charge in [-0.1, -0.05) is 0 Å². The number of nitrogens with two attached hydrogens (primary N) is 1. The van der Waals surface area contributed by atoms with E-state index in [1.807, 2.05) is 24.4 Å². The lowest BCUT2D eigenvalue weighted by Gasteiger charge is -2.09. The van der Waals surface area contributed by atoms with Gasteiger partial charge in [0.05, 0.1) is 0 Å². The van der Waals surface area contributed by atoms with E-state index >= 15 is 0 Å². The Hall–Kier alpha value is -1.77. The van der Waals surface area contributed by atoms with Crippen molar-refractivity contribution in [2.45, 2.75) is 18.9 Å². The first-order valence-electron chi connectivity index (χ1n) is 5.23. The maximum Gasteiger partial charge on any atom is 0.0439 e. The highest BCUT2D eigenvalue weighted by molar-refractivity contribution is 6.00. The molecule has 1 aliphatic carbocycles. The van der Waals surface area contributed by atoms with Gasteiger partial charge >= 0.3 is 0 Å². The van der Waals surface area contributed by atoms with Gasteiger partial charge in [0.15, 0.2) is 0 Å². The van der Waals surface area contributed by atoms with Crippen LogP contribution in [0.15, 0.2) is 30.6 Å². The maximum absolute atomic E-state index is 5.92. The van der Waals surface area contributed by atoms with Gasteiger partial charge < -0.3 is 11.1 Å². The topological polar surface area (TPSA) is 50.9 Å². The summed E-state index contributed by atoms with van der Waals surface area (Å²) in [5.41, 5.74) is 7.88. The number of nitrogens with one attached hydrogen (secondary N) is 1. The average molecular weight is 199 g/mol. The summed E-state index contributed by atoms with van der Waals surface area (Å²) in [4.78, 5) is 4.15. The highest BCUT2D eigenvalue weighted by atomic mass is 15.0. The molecule has 0 atom stereocenters. The van der Waals surface area contributed by atoms with Crippen molar-refractivity contribution >= 4 is 22.1 Å². The van der Waals surface area contributed by atoms with Crippen LogP contribution in [0, 0.1) is 0 Å². The third-order valence-corrected chi connectivity index (χ3v) is 2.79. The Balaban J connectivity index is 2.16. The monoisotopic (exact) mass is 199 g/mol. The molecule has 1 aromatic carbocycles. The van der Waals surface area contributed by atoms with E-state index in [2.05, 4.69) is 10.3 Å². The minimum Gasteiger partial charge on any atom is -0.398 e. The molecule has 0 spiro atoms. The van der Waals surface area contributed by atoms with Gasteiger partial charge in [-0.2, -0.15) is 0 Å². The van der Waals surface area contributed by atoms with Gasteiger partial charge in [-0.25, -0.2) is 0 Å². The molecule has 0 radical (unpaired) electrons. The summed E-state index contributed by atoms with van der Waals surface area (Å²) in [7, 11) is 0. The van der Waals surface area contributed by atoms with Gasteiger partial charge in [-0.05, 0) is 31.0 Å². The number of anilines is 2. The zero-order chi connectivity index (χ0) is 10.3. The van der Waals surface area contributed by atoms with Crippen molar-refractivity contribution in [2.75, 3.05) is 11.1 Å². The number of fused-ring (bicyclic) bond motifs is 1. The van der Waals surface area contributed by atoms with Gasteiger partial charge in [0, 0.05) is 40.6 Å². The predicted molar refractivity (Wildman–Crippen MR) is 62.8 cm³/mol. The van der Waals surface area contributed by atoms with Gasteiger partial charge in [-0.15, -0.1) is 0 Å². The fourth-order valence-corrected chi connectivity index (χ4v) is 1.79. The second-order valence-electron chi connectivity index (χ2n) is 4.04. The zero-order valence-corrected chi connectivity index (χ0v) is 8.40. The maximum atomic E-state index is 5.92. The van der Waals surface area contributed by atoms with Crippen LogP contribution < -0.4 is 11.1 Å². The van der Waals surface area contributed by atoms with Crippen molar-refractivity contribution in [1.29, 1.82) is 0 Å². The molecule has 1 heterocycles. The van der Waals surface area contributed by atoms with Crippen LogP contribution in [0.2, 0.25) is 0 Å². The standard InChI is InChI=1S/C12H13N3/c13-11-3-4-12(15-8-1-2-8)10-7-14-6-5-9(10)11/h3-8,15H,1-2,13H2. The Morgan fingerprint density at radius 3 is 2.87 bits per heavy atom. The van der Waals surface area contributed by atoms with E-state index in [9.17, 15) is 0 Å². The summed E-state index contributed by atoms with van der Waals surface area (Å²) in [6.07, 6.45) is 6.19. The number of hydrogen-bond acceptors (Lipinski definition) is 3. The smallest absolute Gasteiger partial charge is 0.0439 e. The molecule has 2 aromatic rings. The quantitative estimate of drug-likeness (QED) is 0.730. The molecule has 0 amide bonds.